The molecule has 0 unspecified atom stereocenters. The molecule has 0 spiro atoms. The zero-order chi connectivity index (χ0) is 9.84. The topological polar surface area (TPSA) is 44.2 Å². The van der Waals surface area contributed by atoms with Gasteiger partial charge in [-0.15, -0.1) is 0 Å². The van der Waals surface area contributed by atoms with Crippen LogP contribution in [0, 0.1) is 0 Å². The minimum atomic E-state index is -2.65. The highest BCUT2D eigenvalue weighted by Crippen LogP contribution is 2.27. The van der Waals surface area contributed by atoms with Crippen molar-refractivity contribution in [3.63, 3.8) is 0 Å². The molecule has 6 heteroatoms. The van der Waals surface area contributed by atoms with E-state index < -0.39 is 6.43 Å². The summed E-state index contributed by atoms with van der Waals surface area (Å²) in [6, 6.07) is 0.00116. The van der Waals surface area contributed by atoms with Crippen LogP contribution in [0.2, 0.25) is 0 Å². The van der Waals surface area contributed by atoms with Crippen LogP contribution >= 0.6 is 0 Å². The second-order valence-electron chi connectivity index (χ2n) is 2.12. The molecule has 0 bridgehead atoms. The zero-order valence-corrected chi connectivity index (χ0v) is 7.12. The van der Waals surface area contributed by atoms with Gasteiger partial charge in [-0.3, -0.25) is 0 Å². The fraction of sp³-hybridized carbons (Fsp3) is 0.429. The van der Waals surface area contributed by atoms with Crippen LogP contribution in [0.3, 0.4) is 0 Å². The van der Waals surface area contributed by atoms with Crippen molar-refractivity contribution >= 4 is 0 Å². The Morgan fingerprint density at radius 2 is 2.00 bits per heavy atom. The van der Waals surface area contributed by atoms with Gasteiger partial charge in [-0.25, -0.2) is 13.8 Å². The largest absolute Gasteiger partial charge is 0.480 e. The summed E-state index contributed by atoms with van der Waals surface area (Å²) in [5.41, 5.74) is -0.344. The fourth-order valence-corrected chi connectivity index (χ4v) is 0.772. The van der Waals surface area contributed by atoms with Crippen LogP contribution in [-0.4, -0.2) is 24.2 Å². The number of hydrogen-bond donors (Lipinski definition) is 0. The maximum atomic E-state index is 12.2. The summed E-state index contributed by atoms with van der Waals surface area (Å²) in [4.78, 5) is 7.13. The average molecular weight is 190 g/mol. The van der Waals surface area contributed by atoms with Gasteiger partial charge in [-0.05, 0) is 0 Å². The number of rotatable bonds is 3. The highest BCUT2D eigenvalue weighted by Gasteiger charge is 2.16. The van der Waals surface area contributed by atoms with Crippen molar-refractivity contribution in [2.24, 2.45) is 0 Å². The number of alkyl halides is 2. The SMILES string of the molecule is COc1ncc(C(F)F)c(OC)n1. The van der Waals surface area contributed by atoms with E-state index in [0.29, 0.717) is 0 Å². The lowest BCUT2D eigenvalue weighted by Crippen LogP contribution is -2.00. The monoisotopic (exact) mass is 190 g/mol. The first-order valence-corrected chi connectivity index (χ1v) is 3.42. The highest BCUT2D eigenvalue weighted by atomic mass is 19.3. The lowest BCUT2D eigenvalue weighted by Gasteiger charge is -2.06. The zero-order valence-electron chi connectivity index (χ0n) is 7.12. The van der Waals surface area contributed by atoms with Gasteiger partial charge in [0.15, 0.2) is 0 Å². The molecule has 72 valence electrons. The maximum Gasteiger partial charge on any atom is 0.319 e. The van der Waals surface area contributed by atoms with Gasteiger partial charge < -0.3 is 9.47 Å². The van der Waals surface area contributed by atoms with Gasteiger partial charge in [0, 0.05) is 6.20 Å². The molecule has 0 aliphatic carbocycles. The van der Waals surface area contributed by atoms with Crippen LogP contribution in [0.25, 0.3) is 0 Å². The number of nitrogens with zero attached hydrogens (tertiary/aromatic N) is 2. The maximum absolute atomic E-state index is 12.2. The number of halogens is 2. The average Bonchev–Trinajstić information content (AvgIpc) is 2.16. The third-order valence-electron chi connectivity index (χ3n) is 1.37. The molecule has 0 amide bonds. The molecule has 0 N–H and O–H groups in total. The highest BCUT2D eigenvalue weighted by molar-refractivity contribution is 5.26. The Kier molecular flexibility index (Phi) is 2.94. The molecule has 4 nitrogen and oxygen atoms in total. The normalized spacial score (nSPS) is 10.2. The summed E-state index contributed by atoms with van der Waals surface area (Å²) in [6.45, 7) is 0. The van der Waals surface area contributed by atoms with E-state index in [-0.39, 0.29) is 17.5 Å². The van der Waals surface area contributed by atoms with Gasteiger partial charge in [-0.2, -0.15) is 4.98 Å². The molecule has 1 aromatic heterocycles. The molecule has 0 saturated carbocycles. The first-order valence-electron chi connectivity index (χ1n) is 3.42. The van der Waals surface area contributed by atoms with Crippen LogP contribution in [0.15, 0.2) is 6.20 Å². The minimum Gasteiger partial charge on any atom is -0.480 e. The van der Waals surface area contributed by atoms with Crippen molar-refractivity contribution in [2.75, 3.05) is 14.2 Å². The molecular weight excluding hydrogens is 182 g/mol. The van der Waals surface area contributed by atoms with E-state index >= 15 is 0 Å². The Balaban J connectivity index is 3.08. The lowest BCUT2D eigenvalue weighted by atomic mass is 10.3. The van der Waals surface area contributed by atoms with Crippen molar-refractivity contribution in [2.45, 2.75) is 6.43 Å². The van der Waals surface area contributed by atoms with Gasteiger partial charge in [0.1, 0.15) is 0 Å². The molecule has 0 aliphatic rings. The molecule has 1 heterocycles. The third-order valence-corrected chi connectivity index (χ3v) is 1.37. The van der Waals surface area contributed by atoms with Crippen molar-refractivity contribution in [3.8, 4) is 11.9 Å². The molecule has 0 atom stereocenters. The predicted molar refractivity (Wildman–Crippen MR) is 40.1 cm³/mol. The van der Waals surface area contributed by atoms with Crippen LogP contribution in [-0.2, 0) is 0 Å². The van der Waals surface area contributed by atoms with Gasteiger partial charge in [0.25, 0.3) is 6.43 Å². The summed E-state index contributed by atoms with van der Waals surface area (Å²) in [5.74, 6) is -0.165. The molecule has 1 rings (SSSR count). The number of ether oxygens (including phenoxy) is 2. The van der Waals surface area contributed by atoms with Crippen LogP contribution in [0.1, 0.15) is 12.0 Å². The Morgan fingerprint density at radius 1 is 1.31 bits per heavy atom. The molecule has 13 heavy (non-hydrogen) atoms. The van der Waals surface area contributed by atoms with Gasteiger partial charge in [0.2, 0.25) is 5.88 Å². The van der Waals surface area contributed by atoms with E-state index in [1.807, 2.05) is 0 Å². The molecule has 0 saturated heterocycles. The smallest absolute Gasteiger partial charge is 0.319 e. The second kappa shape index (κ2) is 3.97. The lowest BCUT2D eigenvalue weighted by molar-refractivity contribution is 0.145. The first kappa shape index (κ1) is 9.63. The predicted octanol–water partition coefficient (Wildman–Crippen LogP) is 1.43. The van der Waals surface area contributed by atoms with Crippen LogP contribution < -0.4 is 9.47 Å². The van der Waals surface area contributed by atoms with Crippen molar-refractivity contribution < 1.29 is 18.3 Å². The summed E-state index contributed by atoms with van der Waals surface area (Å²) in [7, 11) is 2.60. The Morgan fingerprint density at radius 3 is 2.46 bits per heavy atom. The first-order chi connectivity index (χ1) is 6.19. The van der Waals surface area contributed by atoms with Crippen molar-refractivity contribution in [1.29, 1.82) is 0 Å². The van der Waals surface area contributed by atoms with Crippen LogP contribution in [0.4, 0.5) is 8.78 Å². The Bertz CT molecular complexity index is 294. The Labute approximate surface area is 73.5 Å². The molecule has 0 aliphatic heterocycles. The minimum absolute atomic E-state index is 0.00116. The summed E-state index contributed by atoms with van der Waals surface area (Å²) < 4.78 is 33.8. The fourth-order valence-electron chi connectivity index (χ4n) is 0.772. The van der Waals surface area contributed by atoms with E-state index in [1.54, 1.807) is 0 Å². The van der Waals surface area contributed by atoms with Gasteiger partial charge >= 0.3 is 6.01 Å². The number of hydrogen-bond acceptors (Lipinski definition) is 4. The molecule has 0 aromatic carbocycles. The number of aromatic nitrogens is 2. The van der Waals surface area contributed by atoms with Gasteiger partial charge in [0.05, 0.1) is 19.8 Å². The standard InChI is InChI=1S/C7H8F2N2O2/c1-12-6-4(5(8)9)3-10-7(11-6)13-2/h3,5H,1-2H3. The van der Waals surface area contributed by atoms with Crippen LogP contribution in [0.5, 0.6) is 11.9 Å². The van der Waals surface area contributed by atoms with E-state index in [1.165, 1.54) is 14.2 Å². The molecule has 0 fully saturated rings. The van der Waals surface area contributed by atoms with E-state index in [4.69, 9.17) is 0 Å². The van der Waals surface area contributed by atoms with E-state index in [2.05, 4.69) is 19.4 Å². The molecule has 1 aromatic rings. The van der Waals surface area contributed by atoms with Gasteiger partial charge in [-0.1, -0.05) is 0 Å². The molecular formula is C7H8F2N2O2. The van der Waals surface area contributed by atoms with Crippen molar-refractivity contribution in [1.82, 2.24) is 9.97 Å². The quantitative estimate of drug-likeness (QED) is 0.723. The van der Waals surface area contributed by atoms with E-state index in [9.17, 15) is 8.78 Å². The number of methoxy groups -OCH3 is 2. The second-order valence-corrected chi connectivity index (χ2v) is 2.12. The Hall–Kier alpha value is -1.46. The van der Waals surface area contributed by atoms with E-state index in [0.717, 1.165) is 6.20 Å². The van der Waals surface area contributed by atoms with Crippen molar-refractivity contribution in [3.05, 3.63) is 11.8 Å². The molecule has 0 radical (unpaired) electrons. The summed E-state index contributed by atoms with van der Waals surface area (Å²) in [5, 5.41) is 0. The summed E-state index contributed by atoms with van der Waals surface area (Å²) in [6.07, 6.45) is -1.67. The third kappa shape index (κ3) is 2.01. The summed E-state index contributed by atoms with van der Waals surface area (Å²) >= 11 is 0.